The van der Waals surface area contributed by atoms with E-state index >= 15 is 0 Å². The van der Waals surface area contributed by atoms with E-state index < -0.39 is 0 Å². The van der Waals surface area contributed by atoms with Crippen molar-refractivity contribution in [1.29, 1.82) is 5.26 Å². The molecule has 0 aromatic carbocycles. The van der Waals surface area contributed by atoms with E-state index in [-0.39, 0.29) is 11.0 Å². The second-order valence-electron chi connectivity index (χ2n) is 4.54. The van der Waals surface area contributed by atoms with Crippen LogP contribution >= 0.6 is 0 Å². The van der Waals surface area contributed by atoms with E-state index in [0.29, 0.717) is 12.4 Å². The van der Waals surface area contributed by atoms with Crippen molar-refractivity contribution in [3.05, 3.63) is 22.5 Å². The molecular weight excluding hydrogens is 218 g/mol. The Morgan fingerprint density at radius 3 is 2.82 bits per heavy atom. The summed E-state index contributed by atoms with van der Waals surface area (Å²) in [5.74, 6) is 0.421. The summed E-state index contributed by atoms with van der Waals surface area (Å²) >= 11 is 0. The fourth-order valence-electron chi connectivity index (χ4n) is 1.43. The molecule has 0 aliphatic rings. The summed E-state index contributed by atoms with van der Waals surface area (Å²) in [6, 6.07) is 5.20. The minimum atomic E-state index is -0.359. The van der Waals surface area contributed by atoms with Crippen molar-refractivity contribution in [2.75, 3.05) is 7.11 Å². The molecular formula is C12H17N3O2. The SMILES string of the molecule is COc1ccc(=O)n(CCCC(C)(C)C#N)n1. The highest BCUT2D eigenvalue weighted by Gasteiger charge is 2.15. The summed E-state index contributed by atoms with van der Waals surface area (Å²) in [6.45, 7) is 4.27. The van der Waals surface area contributed by atoms with Crippen molar-refractivity contribution in [3.8, 4) is 11.9 Å². The molecule has 0 spiro atoms. The molecule has 92 valence electrons. The van der Waals surface area contributed by atoms with Crippen LogP contribution in [0.1, 0.15) is 26.7 Å². The molecule has 0 saturated heterocycles. The Bertz CT molecular complexity index is 471. The number of hydrogen-bond acceptors (Lipinski definition) is 4. The number of aryl methyl sites for hydroxylation is 1. The second kappa shape index (κ2) is 5.48. The summed E-state index contributed by atoms with van der Waals surface area (Å²) in [5, 5.41) is 12.9. The van der Waals surface area contributed by atoms with E-state index in [1.54, 1.807) is 0 Å². The molecule has 0 saturated carbocycles. The van der Waals surface area contributed by atoms with Crippen LogP contribution in [0.2, 0.25) is 0 Å². The first-order valence-corrected chi connectivity index (χ1v) is 5.52. The standard InChI is InChI=1S/C12H17N3O2/c1-12(2,9-13)7-4-8-15-11(16)6-5-10(14-15)17-3/h5-6H,4,7-8H2,1-3H3. The fourth-order valence-corrected chi connectivity index (χ4v) is 1.43. The zero-order valence-corrected chi connectivity index (χ0v) is 10.4. The van der Waals surface area contributed by atoms with Crippen LogP contribution in [0.5, 0.6) is 5.88 Å². The second-order valence-corrected chi connectivity index (χ2v) is 4.54. The van der Waals surface area contributed by atoms with Crippen molar-refractivity contribution in [2.45, 2.75) is 33.2 Å². The maximum atomic E-state index is 11.5. The predicted molar refractivity (Wildman–Crippen MR) is 63.7 cm³/mol. The van der Waals surface area contributed by atoms with Gasteiger partial charge in [0.1, 0.15) is 0 Å². The molecule has 0 amide bonds. The fraction of sp³-hybridized carbons (Fsp3) is 0.583. The number of rotatable bonds is 5. The van der Waals surface area contributed by atoms with Crippen LogP contribution in [0.3, 0.4) is 0 Å². The average Bonchev–Trinajstić information content (AvgIpc) is 2.31. The quantitative estimate of drug-likeness (QED) is 0.777. The molecule has 1 heterocycles. The number of ether oxygens (including phenoxy) is 1. The monoisotopic (exact) mass is 235 g/mol. The Balaban J connectivity index is 2.64. The topological polar surface area (TPSA) is 67.9 Å². The third kappa shape index (κ3) is 3.91. The largest absolute Gasteiger partial charge is 0.480 e. The van der Waals surface area contributed by atoms with E-state index in [2.05, 4.69) is 11.2 Å². The Labute approximate surface area is 101 Å². The van der Waals surface area contributed by atoms with Crippen LogP contribution < -0.4 is 10.3 Å². The molecule has 0 aliphatic heterocycles. The molecule has 1 aromatic heterocycles. The van der Waals surface area contributed by atoms with Gasteiger partial charge in [0.2, 0.25) is 5.88 Å². The summed E-state index contributed by atoms with van der Waals surface area (Å²) in [5.41, 5.74) is -0.511. The highest BCUT2D eigenvalue weighted by atomic mass is 16.5. The average molecular weight is 235 g/mol. The number of nitrogens with zero attached hydrogens (tertiary/aromatic N) is 3. The summed E-state index contributed by atoms with van der Waals surface area (Å²) in [7, 11) is 1.51. The normalized spacial score (nSPS) is 10.9. The Morgan fingerprint density at radius 1 is 1.53 bits per heavy atom. The minimum Gasteiger partial charge on any atom is -0.480 e. The summed E-state index contributed by atoms with van der Waals surface area (Å²) in [6.07, 6.45) is 1.47. The van der Waals surface area contributed by atoms with Crippen molar-refractivity contribution in [1.82, 2.24) is 9.78 Å². The zero-order valence-electron chi connectivity index (χ0n) is 10.4. The van der Waals surface area contributed by atoms with Crippen molar-refractivity contribution < 1.29 is 4.74 Å². The van der Waals surface area contributed by atoms with Crippen LogP contribution in [-0.2, 0) is 6.54 Å². The molecule has 1 aromatic rings. The lowest BCUT2D eigenvalue weighted by Crippen LogP contribution is -2.23. The molecule has 0 aliphatic carbocycles. The lowest BCUT2D eigenvalue weighted by Gasteiger charge is -2.14. The lowest BCUT2D eigenvalue weighted by molar-refractivity contribution is 0.362. The van der Waals surface area contributed by atoms with Crippen LogP contribution in [-0.4, -0.2) is 16.9 Å². The van der Waals surface area contributed by atoms with Crippen LogP contribution in [0.4, 0.5) is 0 Å². The number of hydrogen-bond donors (Lipinski definition) is 0. The predicted octanol–water partition coefficient (Wildman–Crippen LogP) is 1.58. The summed E-state index contributed by atoms with van der Waals surface area (Å²) in [4.78, 5) is 11.5. The molecule has 0 N–H and O–H groups in total. The molecule has 0 bridgehead atoms. The Kier molecular flexibility index (Phi) is 4.27. The Hall–Kier alpha value is -1.83. The molecule has 17 heavy (non-hydrogen) atoms. The van der Waals surface area contributed by atoms with Gasteiger partial charge in [0.25, 0.3) is 5.56 Å². The van der Waals surface area contributed by atoms with Gasteiger partial charge in [-0.15, -0.1) is 5.10 Å². The van der Waals surface area contributed by atoms with Gasteiger partial charge in [-0.3, -0.25) is 4.79 Å². The maximum absolute atomic E-state index is 11.5. The highest BCUT2D eigenvalue weighted by molar-refractivity contribution is 5.05. The van der Waals surface area contributed by atoms with Gasteiger partial charge < -0.3 is 4.74 Å². The first-order valence-electron chi connectivity index (χ1n) is 5.52. The minimum absolute atomic E-state index is 0.152. The van der Waals surface area contributed by atoms with Crippen LogP contribution in [0.15, 0.2) is 16.9 Å². The van der Waals surface area contributed by atoms with E-state index in [4.69, 9.17) is 10.00 Å². The smallest absolute Gasteiger partial charge is 0.266 e. The molecule has 0 unspecified atom stereocenters. The van der Waals surface area contributed by atoms with Gasteiger partial charge in [-0.1, -0.05) is 0 Å². The molecule has 0 radical (unpaired) electrons. The van der Waals surface area contributed by atoms with E-state index in [0.717, 1.165) is 12.8 Å². The highest BCUT2D eigenvalue weighted by Crippen LogP contribution is 2.20. The molecule has 1 rings (SSSR count). The van der Waals surface area contributed by atoms with Crippen molar-refractivity contribution in [3.63, 3.8) is 0 Å². The van der Waals surface area contributed by atoms with E-state index in [9.17, 15) is 4.79 Å². The zero-order chi connectivity index (χ0) is 12.9. The number of methoxy groups -OCH3 is 1. The van der Waals surface area contributed by atoms with Gasteiger partial charge in [0.15, 0.2) is 0 Å². The lowest BCUT2D eigenvalue weighted by atomic mass is 9.90. The van der Waals surface area contributed by atoms with Crippen molar-refractivity contribution >= 4 is 0 Å². The third-order valence-electron chi connectivity index (χ3n) is 2.53. The van der Waals surface area contributed by atoms with Gasteiger partial charge in [0, 0.05) is 18.7 Å². The Morgan fingerprint density at radius 2 is 2.24 bits per heavy atom. The molecule has 5 nitrogen and oxygen atoms in total. The van der Waals surface area contributed by atoms with Crippen molar-refractivity contribution in [2.24, 2.45) is 5.41 Å². The first kappa shape index (κ1) is 13.2. The third-order valence-corrected chi connectivity index (χ3v) is 2.53. The molecule has 0 fully saturated rings. The molecule has 0 atom stereocenters. The van der Waals surface area contributed by atoms with Crippen LogP contribution in [0, 0.1) is 16.7 Å². The maximum Gasteiger partial charge on any atom is 0.266 e. The van der Waals surface area contributed by atoms with Gasteiger partial charge in [-0.05, 0) is 26.7 Å². The number of nitriles is 1. The van der Waals surface area contributed by atoms with E-state index in [1.165, 1.54) is 23.9 Å². The van der Waals surface area contributed by atoms with E-state index in [1.807, 2.05) is 13.8 Å². The first-order chi connectivity index (χ1) is 7.98. The summed E-state index contributed by atoms with van der Waals surface area (Å²) < 4.78 is 6.32. The molecule has 5 heteroatoms. The van der Waals surface area contributed by atoms with Gasteiger partial charge in [-0.25, -0.2) is 4.68 Å². The number of aromatic nitrogens is 2. The van der Waals surface area contributed by atoms with Gasteiger partial charge >= 0.3 is 0 Å². The van der Waals surface area contributed by atoms with Gasteiger partial charge in [-0.2, -0.15) is 5.26 Å². The van der Waals surface area contributed by atoms with Crippen LogP contribution in [0.25, 0.3) is 0 Å². The van der Waals surface area contributed by atoms with Gasteiger partial charge in [0.05, 0.1) is 18.6 Å².